The Kier molecular flexibility index (Phi) is 5.72. The molecule has 0 bridgehead atoms. The van der Waals surface area contributed by atoms with Crippen LogP contribution in [0.15, 0.2) is 79.1 Å². The van der Waals surface area contributed by atoms with Crippen LogP contribution in [0.3, 0.4) is 0 Å². The first-order chi connectivity index (χ1) is 16.2. The maximum Gasteiger partial charge on any atom is 0.257 e. The lowest BCUT2D eigenvalue weighted by Gasteiger charge is -2.35. The number of hydrogen-bond donors (Lipinski definition) is 0. The van der Waals surface area contributed by atoms with E-state index >= 15 is 0 Å². The number of amides is 1. The van der Waals surface area contributed by atoms with Crippen molar-refractivity contribution < 1.29 is 9.53 Å². The summed E-state index contributed by atoms with van der Waals surface area (Å²) < 4.78 is 7.71. The number of rotatable bonds is 5. The quantitative estimate of drug-likeness (QED) is 0.471. The number of ether oxygens (including phenoxy) is 1. The zero-order valence-corrected chi connectivity index (χ0v) is 18.3. The average molecular weight is 441 g/mol. The molecule has 0 aliphatic carbocycles. The monoisotopic (exact) mass is 440 g/mol. The molecule has 166 valence electrons. The van der Waals surface area contributed by atoms with E-state index in [-0.39, 0.29) is 5.91 Å². The molecule has 1 amide bonds. The van der Waals surface area contributed by atoms with Crippen LogP contribution in [0.2, 0.25) is 0 Å². The van der Waals surface area contributed by atoms with E-state index in [0.29, 0.717) is 49.1 Å². The van der Waals surface area contributed by atoms with Crippen molar-refractivity contribution in [2.75, 3.05) is 31.1 Å². The van der Waals surface area contributed by atoms with Crippen molar-refractivity contribution in [3.8, 4) is 17.3 Å². The second-order valence-corrected chi connectivity index (χ2v) is 7.77. The molecule has 2 aromatic carbocycles. The molecule has 0 atom stereocenters. The summed E-state index contributed by atoms with van der Waals surface area (Å²) in [4.78, 5) is 26.4. The van der Waals surface area contributed by atoms with Crippen LogP contribution >= 0.6 is 0 Å². The van der Waals surface area contributed by atoms with Gasteiger partial charge >= 0.3 is 0 Å². The molecule has 0 spiro atoms. The van der Waals surface area contributed by atoms with Crippen LogP contribution in [0.25, 0.3) is 5.82 Å². The Morgan fingerprint density at radius 3 is 2.36 bits per heavy atom. The molecule has 0 saturated carbocycles. The number of piperazine rings is 1. The van der Waals surface area contributed by atoms with Crippen LogP contribution in [0.5, 0.6) is 11.5 Å². The summed E-state index contributed by atoms with van der Waals surface area (Å²) in [5.74, 6) is 3.49. The molecular formula is C25H24N6O2. The molecule has 4 aromatic rings. The van der Waals surface area contributed by atoms with E-state index in [1.807, 2.05) is 84.8 Å². The number of para-hydroxylation sites is 2. The van der Waals surface area contributed by atoms with Crippen molar-refractivity contribution in [1.29, 1.82) is 0 Å². The van der Waals surface area contributed by atoms with Crippen LogP contribution in [0.1, 0.15) is 16.2 Å². The number of anilines is 1. The minimum atomic E-state index is -0.0303. The van der Waals surface area contributed by atoms with Gasteiger partial charge in [0.2, 0.25) is 0 Å². The molecule has 0 N–H and O–H groups in total. The standard InChI is InChI=1S/C25H24N6O2/c1-19-27-23(18-24(28-19)31-13-7-12-26-31)29-14-16-30(17-15-29)25(32)21-10-5-6-11-22(21)33-20-8-3-2-4-9-20/h2-13,18H,14-17H2,1H3. The largest absolute Gasteiger partial charge is 0.457 e. The van der Waals surface area contributed by atoms with Gasteiger partial charge in [0.05, 0.1) is 5.56 Å². The lowest BCUT2D eigenvalue weighted by atomic mass is 10.1. The van der Waals surface area contributed by atoms with Gasteiger partial charge in [-0.3, -0.25) is 4.79 Å². The Hall–Kier alpha value is -4.20. The molecule has 2 aromatic heterocycles. The van der Waals surface area contributed by atoms with Crippen LogP contribution in [0, 0.1) is 6.92 Å². The van der Waals surface area contributed by atoms with E-state index in [4.69, 9.17) is 4.74 Å². The molecule has 5 rings (SSSR count). The van der Waals surface area contributed by atoms with Gasteiger partial charge in [-0.15, -0.1) is 0 Å². The zero-order valence-electron chi connectivity index (χ0n) is 18.3. The van der Waals surface area contributed by atoms with Gasteiger partial charge in [-0.05, 0) is 37.3 Å². The number of carbonyl (C=O) groups is 1. The molecule has 8 nitrogen and oxygen atoms in total. The number of aromatic nitrogens is 4. The maximum atomic E-state index is 13.3. The lowest BCUT2D eigenvalue weighted by Crippen LogP contribution is -2.49. The van der Waals surface area contributed by atoms with Gasteiger partial charge in [0, 0.05) is 44.6 Å². The third-order valence-electron chi connectivity index (χ3n) is 5.53. The first-order valence-electron chi connectivity index (χ1n) is 10.9. The van der Waals surface area contributed by atoms with Gasteiger partial charge in [0.25, 0.3) is 5.91 Å². The predicted molar refractivity (Wildman–Crippen MR) is 125 cm³/mol. The van der Waals surface area contributed by atoms with Crippen molar-refractivity contribution in [1.82, 2.24) is 24.6 Å². The van der Waals surface area contributed by atoms with E-state index < -0.39 is 0 Å². The molecule has 8 heteroatoms. The van der Waals surface area contributed by atoms with Crippen LogP contribution < -0.4 is 9.64 Å². The number of aryl methyl sites for hydroxylation is 1. The minimum Gasteiger partial charge on any atom is -0.457 e. The Labute approximate surface area is 192 Å². The van der Waals surface area contributed by atoms with Gasteiger partial charge in [-0.25, -0.2) is 14.6 Å². The third-order valence-corrected chi connectivity index (χ3v) is 5.53. The fourth-order valence-electron chi connectivity index (χ4n) is 3.88. The van der Waals surface area contributed by atoms with E-state index in [1.165, 1.54) is 0 Å². The highest BCUT2D eigenvalue weighted by molar-refractivity contribution is 5.97. The SMILES string of the molecule is Cc1nc(N2CCN(C(=O)c3ccccc3Oc3ccccc3)CC2)cc(-n2cccn2)n1. The summed E-state index contributed by atoms with van der Waals surface area (Å²) in [6.07, 6.45) is 3.58. The Bertz CT molecular complexity index is 1240. The highest BCUT2D eigenvalue weighted by atomic mass is 16.5. The van der Waals surface area contributed by atoms with Crippen molar-refractivity contribution >= 4 is 11.7 Å². The van der Waals surface area contributed by atoms with Gasteiger partial charge in [-0.1, -0.05) is 30.3 Å². The van der Waals surface area contributed by atoms with E-state index in [1.54, 1.807) is 10.9 Å². The molecule has 1 saturated heterocycles. The van der Waals surface area contributed by atoms with Crippen LogP contribution in [-0.4, -0.2) is 56.7 Å². The molecule has 1 aliphatic heterocycles. The highest BCUT2D eigenvalue weighted by Crippen LogP contribution is 2.27. The van der Waals surface area contributed by atoms with Crippen LogP contribution in [0.4, 0.5) is 5.82 Å². The van der Waals surface area contributed by atoms with Crippen LogP contribution in [-0.2, 0) is 0 Å². The average Bonchev–Trinajstić information content (AvgIpc) is 3.40. The third kappa shape index (κ3) is 4.55. The Morgan fingerprint density at radius 1 is 0.879 bits per heavy atom. The summed E-state index contributed by atoms with van der Waals surface area (Å²) in [5, 5.41) is 4.26. The summed E-state index contributed by atoms with van der Waals surface area (Å²) >= 11 is 0. The Morgan fingerprint density at radius 2 is 1.61 bits per heavy atom. The maximum absolute atomic E-state index is 13.3. The topological polar surface area (TPSA) is 76.4 Å². The van der Waals surface area contributed by atoms with E-state index in [2.05, 4.69) is 20.0 Å². The normalized spacial score (nSPS) is 13.7. The molecular weight excluding hydrogens is 416 g/mol. The number of benzene rings is 2. The van der Waals surface area contributed by atoms with Gasteiger partial charge in [-0.2, -0.15) is 5.10 Å². The number of carbonyl (C=O) groups excluding carboxylic acids is 1. The number of nitrogens with zero attached hydrogens (tertiary/aromatic N) is 6. The minimum absolute atomic E-state index is 0.0303. The summed E-state index contributed by atoms with van der Waals surface area (Å²) in [5.41, 5.74) is 0.564. The fraction of sp³-hybridized carbons (Fsp3) is 0.200. The van der Waals surface area contributed by atoms with Crippen molar-refractivity contribution in [3.63, 3.8) is 0 Å². The van der Waals surface area contributed by atoms with Crippen molar-refractivity contribution in [3.05, 3.63) is 90.5 Å². The predicted octanol–water partition coefficient (Wildman–Crippen LogP) is 3.73. The smallest absolute Gasteiger partial charge is 0.257 e. The molecule has 33 heavy (non-hydrogen) atoms. The summed E-state index contributed by atoms with van der Waals surface area (Å²) in [6, 6.07) is 20.7. The second kappa shape index (κ2) is 9.12. The van der Waals surface area contributed by atoms with Gasteiger partial charge in [0.15, 0.2) is 5.82 Å². The summed E-state index contributed by atoms with van der Waals surface area (Å²) in [6.45, 7) is 4.43. The second-order valence-electron chi connectivity index (χ2n) is 7.77. The number of hydrogen-bond acceptors (Lipinski definition) is 6. The Balaban J connectivity index is 1.29. The fourth-order valence-corrected chi connectivity index (χ4v) is 3.88. The van der Waals surface area contributed by atoms with Gasteiger partial charge < -0.3 is 14.5 Å². The van der Waals surface area contributed by atoms with E-state index in [9.17, 15) is 4.79 Å². The zero-order chi connectivity index (χ0) is 22.6. The lowest BCUT2D eigenvalue weighted by molar-refractivity contribution is 0.0744. The summed E-state index contributed by atoms with van der Waals surface area (Å²) in [7, 11) is 0. The highest BCUT2D eigenvalue weighted by Gasteiger charge is 2.25. The molecule has 0 radical (unpaired) electrons. The molecule has 0 unspecified atom stereocenters. The van der Waals surface area contributed by atoms with E-state index in [0.717, 1.165) is 11.6 Å². The molecule has 1 fully saturated rings. The first kappa shape index (κ1) is 20.7. The molecule has 3 heterocycles. The first-order valence-corrected chi connectivity index (χ1v) is 10.9. The van der Waals surface area contributed by atoms with Gasteiger partial charge in [0.1, 0.15) is 23.1 Å². The van der Waals surface area contributed by atoms with Crippen molar-refractivity contribution in [2.24, 2.45) is 0 Å². The molecule has 1 aliphatic rings. The van der Waals surface area contributed by atoms with Crippen molar-refractivity contribution in [2.45, 2.75) is 6.92 Å².